The van der Waals surface area contributed by atoms with E-state index in [1.807, 2.05) is 36.9 Å². The Morgan fingerprint density at radius 3 is 2.75 bits per heavy atom. The molecule has 0 N–H and O–H groups in total. The van der Waals surface area contributed by atoms with E-state index in [-0.39, 0.29) is 24.2 Å². The average molecular weight is 332 g/mol. The predicted molar refractivity (Wildman–Crippen MR) is 88.7 cm³/mol. The van der Waals surface area contributed by atoms with E-state index in [2.05, 4.69) is 0 Å². The lowest BCUT2D eigenvalue weighted by molar-refractivity contribution is -0.168. The van der Waals surface area contributed by atoms with E-state index in [0.717, 1.165) is 5.56 Å². The molecule has 1 aliphatic heterocycles. The van der Waals surface area contributed by atoms with Crippen molar-refractivity contribution in [2.75, 3.05) is 33.4 Å². The lowest BCUT2D eigenvalue weighted by atomic mass is 10.0. The van der Waals surface area contributed by atoms with Crippen LogP contribution in [0.25, 0.3) is 0 Å². The van der Waals surface area contributed by atoms with Crippen molar-refractivity contribution in [1.82, 2.24) is 4.90 Å². The molecule has 1 aliphatic rings. The van der Waals surface area contributed by atoms with Gasteiger partial charge in [0.05, 0.1) is 24.7 Å². The minimum absolute atomic E-state index is 0.0159. The molecule has 1 saturated heterocycles. The predicted octanol–water partition coefficient (Wildman–Crippen LogP) is 1.78. The Balaban J connectivity index is 1.96. The zero-order valence-corrected chi connectivity index (χ0v) is 14.4. The second kappa shape index (κ2) is 8.13. The van der Waals surface area contributed by atoms with Gasteiger partial charge < -0.3 is 19.1 Å². The summed E-state index contributed by atoms with van der Waals surface area (Å²) in [4.78, 5) is 14.5. The van der Waals surface area contributed by atoms with E-state index < -0.39 is 0 Å². The monoisotopic (exact) mass is 332 g/mol. The number of benzene rings is 1. The van der Waals surface area contributed by atoms with Crippen LogP contribution in [0.2, 0.25) is 0 Å². The van der Waals surface area contributed by atoms with Crippen LogP contribution in [0.4, 0.5) is 0 Å². The molecule has 130 valence electrons. The Bertz CT molecular complexity index is 592. The van der Waals surface area contributed by atoms with E-state index in [4.69, 9.17) is 19.5 Å². The third-order valence-electron chi connectivity index (χ3n) is 3.77. The van der Waals surface area contributed by atoms with Crippen molar-refractivity contribution >= 4 is 5.91 Å². The van der Waals surface area contributed by atoms with Crippen LogP contribution in [0.3, 0.4) is 0 Å². The zero-order valence-electron chi connectivity index (χ0n) is 14.4. The topological polar surface area (TPSA) is 71.8 Å². The minimum atomic E-state index is -0.383. The van der Waals surface area contributed by atoms with Gasteiger partial charge in [0.1, 0.15) is 11.8 Å². The molecular formula is C18H24N2O4. The maximum atomic E-state index is 12.6. The quantitative estimate of drug-likeness (QED) is 0.794. The molecule has 0 aliphatic carbocycles. The molecule has 6 nitrogen and oxygen atoms in total. The summed E-state index contributed by atoms with van der Waals surface area (Å²) in [6, 6.07) is 9.17. The average Bonchev–Trinajstić information content (AvgIpc) is 2.53. The Morgan fingerprint density at radius 2 is 2.12 bits per heavy atom. The van der Waals surface area contributed by atoms with Crippen molar-refractivity contribution in [3.05, 3.63) is 29.8 Å². The van der Waals surface area contributed by atoms with Gasteiger partial charge in [0.15, 0.2) is 6.61 Å². The van der Waals surface area contributed by atoms with Gasteiger partial charge >= 0.3 is 0 Å². The summed E-state index contributed by atoms with van der Waals surface area (Å²) in [6.07, 6.45) is 0.221. The molecule has 1 heterocycles. The Morgan fingerprint density at radius 1 is 1.42 bits per heavy atom. The molecular weight excluding hydrogens is 308 g/mol. The van der Waals surface area contributed by atoms with Crippen molar-refractivity contribution in [2.24, 2.45) is 0 Å². The van der Waals surface area contributed by atoms with Crippen molar-refractivity contribution in [1.29, 1.82) is 5.26 Å². The van der Waals surface area contributed by atoms with Crippen molar-refractivity contribution in [2.45, 2.75) is 32.0 Å². The first-order valence-corrected chi connectivity index (χ1v) is 7.97. The van der Waals surface area contributed by atoms with Crippen LogP contribution in [-0.4, -0.2) is 55.9 Å². The van der Waals surface area contributed by atoms with Crippen LogP contribution in [0, 0.1) is 11.3 Å². The first-order valence-electron chi connectivity index (χ1n) is 7.97. The number of ether oxygens (including phenoxy) is 3. The Labute approximate surface area is 142 Å². The van der Waals surface area contributed by atoms with E-state index >= 15 is 0 Å². The summed E-state index contributed by atoms with van der Waals surface area (Å²) < 4.78 is 16.3. The lowest BCUT2D eigenvalue weighted by Gasteiger charge is -2.42. The summed E-state index contributed by atoms with van der Waals surface area (Å²) in [6.45, 7) is 5.56. The van der Waals surface area contributed by atoms with Gasteiger partial charge in [0.25, 0.3) is 0 Å². The second-order valence-corrected chi connectivity index (χ2v) is 6.50. The van der Waals surface area contributed by atoms with Crippen molar-refractivity contribution in [3.63, 3.8) is 0 Å². The molecule has 0 bridgehead atoms. The van der Waals surface area contributed by atoms with Crippen LogP contribution in [0.15, 0.2) is 24.3 Å². The summed E-state index contributed by atoms with van der Waals surface area (Å²) in [5.74, 6) is 0.693. The van der Waals surface area contributed by atoms with Gasteiger partial charge in [-0.25, -0.2) is 0 Å². The standard InChI is InChI=1S/C18H24N2O4/c1-18(2)13-20(11-16(24-18)12-22-3)17(21)10-14-4-6-15(7-5-14)23-9-8-19/h4-7,16H,9-13H2,1-3H3. The largest absolute Gasteiger partial charge is 0.479 e. The van der Waals surface area contributed by atoms with Crippen molar-refractivity contribution in [3.8, 4) is 11.8 Å². The number of hydrogen-bond acceptors (Lipinski definition) is 5. The highest BCUT2D eigenvalue weighted by Crippen LogP contribution is 2.22. The molecule has 1 aromatic carbocycles. The number of hydrogen-bond donors (Lipinski definition) is 0. The molecule has 0 spiro atoms. The SMILES string of the molecule is COCC1CN(C(=O)Cc2ccc(OCC#N)cc2)CC(C)(C)O1. The fourth-order valence-corrected chi connectivity index (χ4v) is 2.86. The van der Waals surface area contributed by atoms with Gasteiger partial charge in [-0.15, -0.1) is 0 Å². The van der Waals surface area contributed by atoms with E-state index in [9.17, 15) is 4.79 Å². The molecule has 1 fully saturated rings. The third kappa shape index (κ3) is 5.22. The molecule has 1 amide bonds. The van der Waals surface area contributed by atoms with Gasteiger partial charge in [-0.2, -0.15) is 5.26 Å². The highest BCUT2D eigenvalue weighted by Gasteiger charge is 2.35. The minimum Gasteiger partial charge on any atom is -0.479 e. The van der Waals surface area contributed by atoms with Crippen LogP contribution < -0.4 is 4.74 Å². The number of nitrogens with zero attached hydrogens (tertiary/aromatic N) is 2. The molecule has 24 heavy (non-hydrogen) atoms. The molecule has 0 saturated carbocycles. The summed E-state index contributed by atoms with van der Waals surface area (Å²) >= 11 is 0. The Hall–Kier alpha value is -2.10. The van der Waals surface area contributed by atoms with Crippen LogP contribution in [0.1, 0.15) is 19.4 Å². The van der Waals surface area contributed by atoms with Crippen molar-refractivity contribution < 1.29 is 19.0 Å². The fraction of sp³-hybridized carbons (Fsp3) is 0.556. The highest BCUT2D eigenvalue weighted by atomic mass is 16.5. The van der Waals surface area contributed by atoms with Gasteiger partial charge in [-0.1, -0.05) is 12.1 Å². The summed E-state index contributed by atoms with van der Waals surface area (Å²) in [7, 11) is 1.63. The number of methoxy groups -OCH3 is 1. The third-order valence-corrected chi connectivity index (χ3v) is 3.77. The molecule has 0 aromatic heterocycles. The summed E-state index contributed by atoms with van der Waals surface area (Å²) in [5.41, 5.74) is 0.531. The second-order valence-electron chi connectivity index (χ2n) is 6.50. The molecule has 6 heteroatoms. The number of carbonyl (C=O) groups excluding carboxylic acids is 1. The van der Waals surface area contributed by atoms with Gasteiger partial charge in [0.2, 0.25) is 5.91 Å². The maximum Gasteiger partial charge on any atom is 0.227 e. The van der Waals surface area contributed by atoms with Gasteiger partial charge in [-0.05, 0) is 31.5 Å². The number of nitriles is 1. The molecule has 2 rings (SSSR count). The molecule has 1 aromatic rings. The van der Waals surface area contributed by atoms with Crippen LogP contribution in [0.5, 0.6) is 5.75 Å². The van der Waals surface area contributed by atoms with E-state index in [1.54, 1.807) is 19.2 Å². The first-order chi connectivity index (χ1) is 11.4. The maximum absolute atomic E-state index is 12.6. The lowest BCUT2D eigenvalue weighted by Crippen LogP contribution is -2.56. The smallest absolute Gasteiger partial charge is 0.227 e. The fourth-order valence-electron chi connectivity index (χ4n) is 2.86. The summed E-state index contributed by atoms with van der Waals surface area (Å²) in [5, 5.41) is 8.50. The Kier molecular flexibility index (Phi) is 6.18. The molecule has 1 atom stereocenters. The normalized spacial score (nSPS) is 19.6. The van der Waals surface area contributed by atoms with E-state index in [1.165, 1.54) is 0 Å². The van der Waals surface area contributed by atoms with Gasteiger partial charge in [-0.3, -0.25) is 4.79 Å². The molecule has 0 radical (unpaired) electrons. The number of carbonyl (C=O) groups is 1. The molecule has 1 unspecified atom stereocenters. The van der Waals surface area contributed by atoms with Crippen LogP contribution >= 0.6 is 0 Å². The van der Waals surface area contributed by atoms with E-state index in [0.29, 0.717) is 31.9 Å². The first kappa shape index (κ1) is 18.2. The van der Waals surface area contributed by atoms with Crippen LogP contribution in [-0.2, 0) is 20.7 Å². The number of amides is 1. The number of rotatable bonds is 6. The zero-order chi connectivity index (χ0) is 17.6. The van der Waals surface area contributed by atoms with Gasteiger partial charge in [0, 0.05) is 20.2 Å². The number of morpholine rings is 1. The highest BCUT2D eigenvalue weighted by molar-refractivity contribution is 5.79.